The summed E-state index contributed by atoms with van der Waals surface area (Å²) in [4.78, 5) is 16.6. The number of nitrogens with one attached hydrogen (secondary N) is 1. The van der Waals surface area contributed by atoms with Gasteiger partial charge in [0.1, 0.15) is 5.82 Å². The Kier molecular flexibility index (Phi) is 3.63. The Hall–Kier alpha value is -2.17. The standard InChI is InChI=1S/C18H19FN2O2/c19-15-4-2-1-3-14(15)12-7-8-13(9-12)21-18(22)17-16(11-5-6-11)20-10-23-17/h1-4,10-13H,5-9H2,(H,21,22)/t12-,13-/m1/s1. The number of oxazole rings is 1. The fourth-order valence-electron chi connectivity index (χ4n) is 3.52. The SMILES string of the molecule is O=C(N[C@@H]1CC[C@@H](c2ccccc2F)C1)c1ocnc1C1CC1. The molecule has 4 rings (SSSR count). The molecule has 1 aromatic carbocycles. The zero-order valence-corrected chi connectivity index (χ0v) is 12.8. The minimum Gasteiger partial charge on any atom is -0.438 e. The van der Waals surface area contributed by atoms with E-state index >= 15 is 0 Å². The smallest absolute Gasteiger partial charge is 0.289 e. The van der Waals surface area contributed by atoms with Gasteiger partial charge in [0.25, 0.3) is 5.91 Å². The lowest BCUT2D eigenvalue weighted by atomic mass is 9.97. The second-order valence-corrected chi connectivity index (χ2v) is 6.54. The van der Waals surface area contributed by atoms with Crippen molar-refractivity contribution in [2.45, 2.75) is 50.0 Å². The Bertz CT molecular complexity index is 723. The molecule has 2 aliphatic carbocycles. The van der Waals surface area contributed by atoms with E-state index in [-0.39, 0.29) is 23.7 Å². The minimum absolute atomic E-state index is 0.0595. The van der Waals surface area contributed by atoms with Crippen LogP contribution in [0, 0.1) is 5.82 Å². The molecule has 1 aromatic heterocycles. The number of nitrogens with zero attached hydrogens (tertiary/aromatic N) is 1. The number of hydrogen-bond donors (Lipinski definition) is 1. The Morgan fingerprint density at radius 2 is 1.96 bits per heavy atom. The Morgan fingerprint density at radius 3 is 2.74 bits per heavy atom. The Morgan fingerprint density at radius 1 is 1.17 bits per heavy atom. The summed E-state index contributed by atoms with van der Waals surface area (Å²) in [5.74, 6) is 0.546. The van der Waals surface area contributed by atoms with Crippen molar-refractivity contribution in [1.29, 1.82) is 0 Å². The van der Waals surface area contributed by atoms with Gasteiger partial charge >= 0.3 is 0 Å². The molecule has 1 heterocycles. The third-order valence-electron chi connectivity index (χ3n) is 4.88. The maximum atomic E-state index is 13.9. The molecule has 0 radical (unpaired) electrons. The van der Waals surface area contributed by atoms with Gasteiger partial charge in [-0.1, -0.05) is 18.2 Å². The number of rotatable bonds is 4. The summed E-state index contributed by atoms with van der Waals surface area (Å²) in [5.41, 5.74) is 1.54. The zero-order valence-electron chi connectivity index (χ0n) is 12.8. The zero-order chi connectivity index (χ0) is 15.8. The fourth-order valence-corrected chi connectivity index (χ4v) is 3.52. The van der Waals surface area contributed by atoms with E-state index in [0.717, 1.165) is 43.4 Å². The first-order valence-electron chi connectivity index (χ1n) is 8.21. The van der Waals surface area contributed by atoms with Gasteiger partial charge in [-0.15, -0.1) is 0 Å². The summed E-state index contributed by atoms with van der Waals surface area (Å²) < 4.78 is 19.2. The molecule has 2 fully saturated rings. The van der Waals surface area contributed by atoms with Gasteiger partial charge in [0.2, 0.25) is 5.76 Å². The number of aromatic nitrogens is 1. The molecule has 2 aliphatic rings. The van der Waals surface area contributed by atoms with Crippen molar-refractivity contribution in [2.75, 3.05) is 0 Å². The first-order valence-corrected chi connectivity index (χ1v) is 8.21. The van der Waals surface area contributed by atoms with Crippen LogP contribution in [0.1, 0.15) is 65.8 Å². The van der Waals surface area contributed by atoms with Gasteiger partial charge in [-0.25, -0.2) is 9.37 Å². The maximum absolute atomic E-state index is 13.9. The van der Waals surface area contributed by atoms with Gasteiger partial charge in [-0.3, -0.25) is 4.79 Å². The monoisotopic (exact) mass is 314 g/mol. The van der Waals surface area contributed by atoms with Crippen molar-refractivity contribution in [3.05, 3.63) is 53.5 Å². The molecule has 5 heteroatoms. The predicted molar refractivity (Wildman–Crippen MR) is 82.7 cm³/mol. The number of carbonyl (C=O) groups excluding carboxylic acids is 1. The molecular formula is C18H19FN2O2. The van der Waals surface area contributed by atoms with Crippen molar-refractivity contribution < 1.29 is 13.6 Å². The van der Waals surface area contributed by atoms with E-state index in [9.17, 15) is 9.18 Å². The van der Waals surface area contributed by atoms with E-state index in [1.165, 1.54) is 12.5 Å². The topological polar surface area (TPSA) is 55.1 Å². The summed E-state index contributed by atoms with van der Waals surface area (Å²) >= 11 is 0. The molecule has 2 atom stereocenters. The van der Waals surface area contributed by atoms with Gasteiger partial charge in [-0.2, -0.15) is 0 Å². The van der Waals surface area contributed by atoms with Crippen molar-refractivity contribution in [2.24, 2.45) is 0 Å². The Labute approximate surface area is 134 Å². The van der Waals surface area contributed by atoms with Gasteiger partial charge in [0, 0.05) is 12.0 Å². The average molecular weight is 314 g/mol. The van der Waals surface area contributed by atoms with Gasteiger partial charge in [-0.05, 0) is 49.7 Å². The second-order valence-electron chi connectivity index (χ2n) is 6.54. The quantitative estimate of drug-likeness (QED) is 0.935. The third kappa shape index (κ3) is 2.87. The largest absolute Gasteiger partial charge is 0.438 e. The van der Waals surface area contributed by atoms with Crippen molar-refractivity contribution in [3.63, 3.8) is 0 Å². The van der Waals surface area contributed by atoms with E-state index in [1.54, 1.807) is 6.07 Å². The van der Waals surface area contributed by atoms with Crippen molar-refractivity contribution >= 4 is 5.91 Å². The van der Waals surface area contributed by atoms with E-state index in [0.29, 0.717) is 11.7 Å². The van der Waals surface area contributed by atoms with Gasteiger partial charge in [0.15, 0.2) is 6.39 Å². The van der Waals surface area contributed by atoms with Crippen LogP contribution in [-0.2, 0) is 0 Å². The van der Waals surface area contributed by atoms with Crippen molar-refractivity contribution in [1.82, 2.24) is 10.3 Å². The first-order chi connectivity index (χ1) is 11.2. The van der Waals surface area contributed by atoms with Crippen LogP contribution in [0.15, 0.2) is 35.1 Å². The lowest BCUT2D eigenvalue weighted by Crippen LogP contribution is -2.33. The van der Waals surface area contributed by atoms with Crippen LogP contribution in [-0.4, -0.2) is 16.9 Å². The molecule has 1 amide bonds. The number of benzene rings is 1. The Balaban J connectivity index is 1.41. The number of carbonyl (C=O) groups is 1. The lowest BCUT2D eigenvalue weighted by molar-refractivity contribution is 0.0908. The summed E-state index contributed by atoms with van der Waals surface area (Å²) in [5, 5.41) is 3.03. The molecule has 0 unspecified atom stereocenters. The summed E-state index contributed by atoms with van der Waals surface area (Å²) in [6, 6.07) is 6.96. The second kappa shape index (κ2) is 5.80. The molecule has 0 bridgehead atoms. The van der Waals surface area contributed by atoms with Crippen LogP contribution in [0.5, 0.6) is 0 Å². The molecule has 0 saturated heterocycles. The summed E-state index contributed by atoms with van der Waals surface area (Å²) in [6.45, 7) is 0. The van der Waals surface area contributed by atoms with Crippen LogP contribution < -0.4 is 5.32 Å². The van der Waals surface area contributed by atoms with Crippen LogP contribution in [0.25, 0.3) is 0 Å². The molecule has 2 saturated carbocycles. The highest BCUT2D eigenvalue weighted by molar-refractivity contribution is 5.92. The maximum Gasteiger partial charge on any atom is 0.289 e. The van der Waals surface area contributed by atoms with E-state index in [2.05, 4.69) is 10.3 Å². The average Bonchev–Trinajstić information content (AvgIpc) is 3.09. The molecule has 4 nitrogen and oxygen atoms in total. The molecular weight excluding hydrogens is 295 g/mol. The number of halogens is 1. The van der Waals surface area contributed by atoms with Gasteiger partial charge in [0.05, 0.1) is 5.69 Å². The highest BCUT2D eigenvalue weighted by atomic mass is 19.1. The van der Waals surface area contributed by atoms with E-state index in [4.69, 9.17) is 4.42 Å². The normalized spacial score (nSPS) is 23.9. The van der Waals surface area contributed by atoms with Crippen LogP contribution in [0.2, 0.25) is 0 Å². The highest BCUT2D eigenvalue weighted by Crippen LogP contribution is 2.41. The summed E-state index contributed by atoms with van der Waals surface area (Å²) in [6.07, 6.45) is 6.01. The van der Waals surface area contributed by atoms with E-state index in [1.807, 2.05) is 12.1 Å². The molecule has 23 heavy (non-hydrogen) atoms. The van der Waals surface area contributed by atoms with E-state index < -0.39 is 0 Å². The molecule has 0 spiro atoms. The predicted octanol–water partition coefficient (Wildman–Crippen LogP) is 3.76. The van der Waals surface area contributed by atoms with Crippen LogP contribution in [0.4, 0.5) is 4.39 Å². The van der Waals surface area contributed by atoms with Crippen LogP contribution in [0.3, 0.4) is 0 Å². The highest BCUT2D eigenvalue weighted by Gasteiger charge is 2.34. The van der Waals surface area contributed by atoms with Gasteiger partial charge < -0.3 is 9.73 Å². The minimum atomic E-state index is -0.191. The van der Waals surface area contributed by atoms with Crippen LogP contribution >= 0.6 is 0 Å². The fraction of sp³-hybridized carbons (Fsp3) is 0.444. The molecule has 1 N–H and O–H groups in total. The third-order valence-corrected chi connectivity index (χ3v) is 4.88. The number of amides is 1. The first kappa shape index (κ1) is 14.4. The van der Waals surface area contributed by atoms with Crippen molar-refractivity contribution in [3.8, 4) is 0 Å². The molecule has 2 aromatic rings. The molecule has 0 aliphatic heterocycles. The lowest BCUT2D eigenvalue weighted by Gasteiger charge is -2.13. The molecule has 120 valence electrons. The summed E-state index contributed by atoms with van der Waals surface area (Å²) in [7, 11) is 0. The number of hydrogen-bond acceptors (Lipinski definition) is 3.